The number of aryl methyl sites for hydroxylation is 1. The zero-order valence-electron chi connectivity index (χ0n) is 15.6. The monoisotopic (exact) mass is 376 g/mol. The van der Waals surface area contributed by atoms with Gasteiger partial charge in [0.2, 0.25) is 0 Å². The molecule has 1 aliphatic carbocycles. The standard InChI is InChI=1S/C23H21FN2O2/c1-28-21-9-6-13(10-17(21)24)11-20-23-22(15-4-2-3-5-18(15)26-23)16-12-14(27)7-8-19(16)25-20/h2-6,9-10,14,26-27H,7-8,11-12H2,1H3. The number of methoxy groups -OCH3 is 1. The van der Waals surface area contributed by atoms with E-state index in [0.717, 1.165) is 57.2 Å². The summed E-state index contributed by atoms with van der Waals surface area (Å²) in [6.45, 7) is 0. The number of rotatable bonds is 3. The van der Waals surface area contributed by atoms with E-state index in [1.54, 1.807) is 6.07 Å². The summed E-state index contributed by atoms with van der Waals surface area (Å²) in [5.41, 5.74) is 5.97. The van der Waals surface area contributed by atoms with Crippen LogP contribution in [0.3, 0.4) is 0 Å². The third kappa shape index (κ3) is 2.74. The summed E-state index contributed by atoms with van der Waals surface area (Å²) < 4.78 is 19.2. The number of halogens is 1. The maximum atomic E-state index is 14.2. The van der Waals surface area contributed by atoms with Crippen LogP contribution in [-0.4, -0.2) is 28.3 Å². The van der Waals surface area contributed by atoms with Gasteiger partial charge in [0.05, 0.1) is 24.4 Å². The molecule has 0 saturated heterocycles. The van der Waals surface area contributed by atoms with E-state index in [4.69, 9.17) is 9.72 Å². The van der Waals surface area contributed by atoms with Crippen molar-refractivity contribution in [2.24, 2.45) is 0 Å². The van der Waals surface area contributed by atoms with Crippen molar-refractivity contribution in [1.29, 1.82) is 0 Å². The number of hydrogen-bond acceptors (Lipinski definition) is 3. The maximum Gasteiger partial charge on any atom is 0.165 e. The van der Waals surface area contributed by atoms with Crippen LogP contribution in [-0.2, 0) is 19.3 Å². The fraction of sp³-hybridized carbons (Fsp3) is 0.261. The summed E-state index contributed by atoms with van der Waals surface area (Å²) in [6, 6.07) is 13.2. The number of aliphatic hydroxyl groups excluding tert-OH is 1. The number of nitrogens with one attached hydrogen (secondary N) is 1. The minimum Gasteiger partial charge on any atom is -0.494 e. The minimum absolute atomic E-state index is 0.242. The van der Waals surface area contributed by atoms with Crippen LogP contribution in [0.1, 0.15) is 28.9 Å². The highest BCUT2D eigenvalue weighted by atomic mass is 19.1. The molecule has 142 valence electrons. The van der Waals surface area contributed by atoms with Gasteiger partial charge in [0.15, 0.2) is 11.6 Å². The van der Waals surface area contributed by atoms with Crippen molar-refractivity contribution in [2.45, 2.75) is 31.8 Å². The molecule has 5 heteroatoms. The van der Waals surface area contributed by atoms with E-state index in [9.17, 15) is 9.50 Å². The molecule has 4 aromatic rings. The smallest absolute Gasteiger partial charge is 0.165 e. The van der Waals surface area contributed by atoms with E-state index in [1.807, 2.05) is 18.2 Å². The van der Waals surface area contributed by atoms with Crippen LogP contribution >= 0.6 is 0 Å². The Hall–Kier alpha value is -2.92. The number of pyridine rings is 1. The van der Waals surface area contributed by atoms with E-state index in [1.165, 1.54) is 13.2 Å². The van der Waals surface area contributed by atoms with E-state index < -0.39 is 0 Å². The maximum absolute atomic E-state index is 14.2. The molecule has 2 aromatic carbocycles. The summed E-state index contributed by atoms with van der Waals surface area (Å²) in [5.74, 6) is -0.124. The highest BCUT2D eigenvalue weighted by Gasteiger charge is 2.24. The molecule has 0 amide bonds. The number of nitrogens with zero attached hydrogens (tertiary/aromatic N) is 1. The Morgan fingerprint density at radius 1 is 1.25 bits per heavy atom. The molecule has 0 fully saturated rings. The molecule has 28 heavy (non-hydrogen) atoms. The SMILES string of the molecule is COc1ccc(Cc2nc3c(c4c2[nH]c2ccccc24)CC(O)CC3)cc1F. The van der Waals surface area contributed by atoms with Gasteiger partial charge in [0.1, 0.15) is 0 Å². The van der Waals surface area contributed by atoms with Gasteiger partial charge < -0.3 is 14.8 Å². The Bertz CT molecular complexity index is 1200. The van der Waals surface area contributed by atoms with Gasteiger partial charge >= 0.3 is 0 Å². The van der Waals surface area contributed by atoms with Gasteiger partial charge in [-0.3, -0.25) is 4.98 Å². The number of ether oxygens (including phenoxy) is 1. The quantitative estimate of drug-likeness (QED) is 0.560. The first-order valence-electron chi connectivity index (χ1n) is 9.55. The Morgan fingerprint density at radius 3 is 2.93 bits per heavy atom. The Labute approximate surface area is 162 Å². The van der Waals surface area contributed by atoms with E-state index >= 15 is 0 Å². The number of para-hydroxylation sites is 1. The Morgan fingerprint density at radius 2 is 2.11 bits per heavy atom. The first-order chi connectivity index (χ1) is 13.6. The zero-order chi connectivity index (χ0) is 19.3. The van der Waals surface area contributed by atoms with Crippen LogP contribution in [0.2, 0.25) is 0 Å². The summed E-state index contributed by atoms with van der Waals surface area (Å²) in [6.07, 6.45) is 2.31. The van der Waals surface area contributed by atoms with Crippen molar-refractivity contribution in [3.8, 4) is 5.75 Å². The van der Waals surface area contributed by atoms with Gasteiger partial charge in [-0.15, -0.1) is 0 Å². The van der Waals surface area contributed by atoms with Gasteiger partial charge in [-0.25, -0.2) is 4.39 Å². The highest BCUT2D eigenvalue weighted by molar-refractivity contribution is 6.10. The molecule has 0 spiro atoms. The molecule has 1 atom stereocenters. The largest absolute Gasteiger partial charge is 0.494 e. The van der Waals surface area contributed by atoms with E-state index in [-0.39, 0.29) is 17.7 Å². The second-order valence-electron chi connectivity index (χ2n) is 7.45. The first-order valence-corrected chi connectivity index (χ1v) is 9.55. The predicted octanol–water partition coefficient (Wildman–Crippen LogP) is 4.30. The topological polar surface area (TPSA) is 58.1 Å². The number of fused-ring (bicyclic) bond motifs is 5. The van der Waals surface area contributed by atoms with Crippen molar-refractivity contribution in [1.82, 2.24) is 9.97 Å². The number of aromatic amines is 1. The number of hydrogen-bond donors (Lipinski definition) is 2. The highest BCUT2D eigenvalue weighted by Crippen LogP contribution is 2.35. The lowest BCUT2D eigenvalue weighted by molar-refractivity contribution is 0.158. The molecule has 1 unspecified atom stereocenters. The van der Waals surface area contributed by atoms with Gasteiger partial charge in [-0.05, 0) is 42.2 Å². The van der Waals surface area contributed by atoms with E-state index in [2.05, 4.69) is 17.1 Å². The van der Waals surface area contributed by atoms with Crippen molar-refractivity contribution in [3.05, 3.63) is 70.8 Å². The molecular weight excluding hydrogens is 355 g/mol. The van der Waals surface area contributed by atoms with Crippen molar-refractivity contribution < 1.29 is 14.2 Å². The fourth-order valence-corrected chi connectivity index (χ4v) is 4.31. The van der Waals surface area contributed by atoms with E-state index in [0.29, 0.717) is 12.8 Å². The Kier molecular flexibility index (Phi) is 4.05. The van der Waals surface area contributed by atoms with Crippen LogP contribution in [0.15, 0.2) is 42.5 Å². The van der Waals surface area contributed by atoms with Crippen LogP contribution in [0.5, 0.6) is 5.75 Å². The second-order valence-corrected chi connectivity index (χ2v) is 7.45. The molecule has 0 aliphatic heterocycles. The molecule has 0 saturated carbocycles. The summed E-state index contributed by atoms with van der Waals surface area (Å²) in [4.78, 5) is 8.45. The summed E-state index contributed by atoms with van der Waals surface area (Å²) >= 11 is 0. The van der Waals surface area contributed by atoms with Crippen LogP contribution in [0, 0.1) is 5.82 Å². The molecular formula is C23H21FN2O2. The lowest BCUT2D eigenvalue weighted by atomic mass is 9.89. The molecule has 2 heterocycles. The van der Waals surface area contributed by atoms with Gasteiger partial charge in [-0.1, -0.05) is 24.3 Å². The van der Waals surface area contributed by atoms with Crippen molar-refractivity contribution >= 4 is 21.8 Å². The molecule has 0 bridgehead atoms. The van der Waals surface area contributed by atoms with Crippen LogP contribution in [0.25, 0.3) is 21.8 Å². The number of aliphatic hydroxyl groups is 1. The summed E-state index contributed by atoms with van der Waals surface area (Å²) in [5, 5.41) is 12.5. The van der Waals surface area contributed by atoms with Crippen molar-refractivity contribution in [2.75, 3.05) is 7.11 Å². The molecule has 1 aliphatic rings. The average Bonchev–Trinajstić information content (AvgIpc) is 3.09. The normalized spacial score (nSPS) is 16.5. The lowest BCUT2D eigenvalue weighted by Gasteiger charge is -2.22. The molecule has 2 N–H and O–H groups in total. The minimum atomic E-state index is -0.367. The molecule has 2 aromatic heterocycles. The number of aromatic nitrogens is 2. The van der Waals surface area contributed by atoms with Crippen LogP contribution < -0.4 is 4.74 Å². The van der Waals surface area contributed by atoms with Gasteiger partial charge in [0.25, 0.3) is 0 Å². The fourth-order valence-electron chi connectivity index (χ4n) is 4.31. The third-order valence-electron chi connectivity index (χ3n) is 5.66. The summed E-state index contributed by atoms with van der Waals surface area (Å²) in [7, 11) is 1.46. The molecule has 5 rings (SSSR count). The lowest BCUT2D eigenvalue weighted by Crippen LogP contribution is -2.20. The molecule has 0 radical (unpaired) electrons. The Balaban J connectivity index is 1.71. The predicted molar refractivity (Wildman–Crippen MR) is 107 cm³/mol. The number of H-pyrrole nitrogens is 1. The second kappa shape index (κ2) is 6.60. The van der Waals surface area contributed by atoms with Crippen molar-refractivity contribution in [3.63, 3.8) is 0 Å². The van der Waals surface area contributed by atoms with Gasteiger partial charge in [0, 0.05) is 34.8 Å². The van der Waals surface area contributed by atoms with Crippen LogP contribution in [0.4, 0.5) is 4.39 Å². The zero-order valence-corrected chi connectivity index (χ0v) is 15.6. The van der Waals surface area contributed by atoms with Gasteiger partial charge in [-0.2, -0.15) is 0 Å². The first kappa shape index (κ1) is 17.2. The number of benzene rings is 2. The average molecular weight is 376 g/mol. The molecule has 4 nitrogen and oxygen atoms in total. The third-order valence-corrected chi connectivity index (χ3v) is 5.66.